The molecule has 0 radical (unpaired) electrons. The zero-order valence-corrected chi connectivity index (χ0v) is 19.4. The van der Waals surface area contributed by atoms with Gasteiger partial charge >= 0.3 is 12.1 Å². The number of hydrogen-bond acceptors (Lipinski definition) is 7. The third kappa shape index (κ3) is 9.52. The van der Waals surface area contributed by atoms with Crippen LogP contribution in [0, 0.1) is 11.3 Å². The summed E-state index contributed by atoms with van der Waals surface area (Å²) < 4.78 is 21.8. The molecule has 0 aliphatic rings. The molecule has 1 atom stereocenters. The van der Waals surface area contributed by atoms with Gasteiger partial charge in [0.1, 0.15) is 23.7 Å². The quantitative estimate of drug-likeness (QED) is 0.427. The maximum atomic E-state index is 12.4. The third-order valence-electron chi connectivity index (χ3n) is 4.19. The summed E-state index contributed by atoms with van der Waals surface area (Å²) in [4.78, 5) is 24.0. The number of ether oxygens (including phenoxy) is 4. The Labute approximate surface area is 194 Å². The van der Waals surface area contributed by atoms with Crippen molar-refractivity contribution in [1.29, 1.82) is 5.26 Å². The average Bonchev–Trinajstić information content (AvgIpc) is 2.77. The normalized spacial score (nSPS) is 11.6. The van der Waals surface area contributed by atoms with E-state index in [1.807, 2.05) is 18.2 Å². The molecule has 0 aliphatic heterocycles. The lowest BCUT2D eigenvalue weighted by Gasteiger charge is -2.19. The van der Waals surface area contributed by atoms with Crippen LogP contribution < -0.4 is 14.8 Å². The second-order valence-corrected chi connectivity index (χ2v) is 8.12. The number of nitrogens with one attached hydrogen (secondary N) is 1. The minimum absolute atomic E-state index is 0.246. The summed E-state index contributed by atoms with van der Waals surface area (Å²) in [5, 5.41) is 11.5. The molecule has 0 saturated heterocycles. The fraction of sp³-hybridized carbons (Fsp3) is 0.400. The van der Waals surface area contributed by atoms with Gasteiger partial charge in [-0.25, -0.2) is 9.59 Å². The third-order valence-corrected chi connectivity index (χ3v) is 4.19. The van der Waals surface area contributed by atoms with Crippen LogP contribution in [0.3, 0.4) is 0 Å². The molecule has 0 fully saturated rings. The van der Waals surface area contributed by atoms with E-state index in [0.29, 0.717) is 30.0 Å². The van der Waals surface area contributed by atoms with Gasteiger partial charge < -0.3 is 24.3 Å². The molecule has 8 nitrogen and oxygen atoms in total. The summed E-state index contributed by atoms with van der Waals surface area (Å²) in [5.74, 6) is 0.644. The molecule has 1 unspecified atom stereocenters. The van der Waals surface area contributed by atoms with Gasteiger partial charge in [-0.3, -0.25) is 0 Å². The number of nitrogens with zero attached hydrogens (tertiary/aromatic N) is 1. The monoisotopic (exact) mass is 454 g/mol. The zero-order chi connectivity index (χ0) is 24.3. The Hall–Kier alpha value is -3.73. The van der Waals surface area contributed by atoms with Crippen molar-refractivity contribution < 1.29 is 28.5 Å². The zero-order valence-electron chi connectivity index (χ0n) is 19.4. The second-order valence-electron chi connectivity index (χ2n) is 8.12. The highest BCUT2D eigenvalue weighted by molar-refractivity contribution is 5.75. The number of alkyl carbamates (subject to hydrolysis) is 1. The van der Waals surface area contributed by atoms with Gasteiger partial charge in [-0.2, -0.15) is 5.26 Å². The molecular formula is C25H30N2O6. The first-order valence-corrected chi connectivity index (χ1v) is 10.7. The maximum absolute atomic E-state index is 12.4. The fourth-order valence-electron chi connectivity index (χ4n) is 2.75. The Balaban J connectivity index is 1.90. The summed E-state index contributed by atoms with van der Waals surface area (Å²) in [6.45, 7) is 7.97. The molecule has 2 aromatic rings. The van der Waals surface area contributed by atoms with Crippen molar-refractivity contribution in [2.75, 3.05) is 19.8 Å². The highest BCUT2D eigenvalue weighted by Crippen LogP contribution is 2.18. The van der Waals surface area contributed by atoms with Gasteiger partial charge in [0.05, 0.1) is 24.8 Å². The Kier molecular flexibility index (Phi) is 9.55. The molecule has 2 rings (SSSR count). The summed E-state index contributed by atoms with van der Waals surface area (Å²) in [7, 11) is 0. The Morgan fingerprint density at radius 3 is 2.24 bits per heavy atom. The molecule has 0 bridgehead atoms. The standard InChI is InChI=1S/C25H30N2O6/c1-5-30-23(28)22(32-21-12-8-19(17-26)9-13-21)16-18-6-10-20(11-7-18)31-15-14-27-24(29)33-25(2,3)4/h6-13,22H,5,14-16H2,1-4H3,(H,27,29). The molecule has 0 spiro atoms. The molecule has 0 heterocycles. The molecular weight excluding hydrogens is 424 g/mol. The predicted molar refractivity (Wildman–Crippen MR) is 122 cm³/mol. The van der Waals surface area contributed by atoms with Gasteiger partial charge in [0.15, 0.2) is 6.10 Å². The Bertz CT molecular complexity index is 943. The van der Waals surface area contributed by atoms with E-state index in [1.54, 1.807) is 64.1 Å². The summed E-state index contributed by atoms with van der Waals surface area (Å²) >= 11 is 0. The van der Waals surface area contributed by atoms with Crippen molar-refractivity contribution in [1.82, 2.24) is 5.32 Å². The van der Waals surface area contributed by atoms with Gasteiger partial charge in [0.25, 0.3) is 0 Å². The molecule has 1 amide bonds. The van der Waals surface area contributed by atoms with Crippen LogP contribution in [0.15, 0.2) is 48.5 Å². The van der Waals surface area contributed by atoms with Crippen molar-refractivity contribution in [3.63, 3.8) is 0 Å². The van der Waals surface area contributed by atoms with E-state index in [0.717, 1.165) is 5.56 Å². The molecule has 176 valence electrons. The highest BCUT2D eigenvalue weighted by atomic mass is 16.6. The highest BCUT2D eigenvalue weighted by Gasteiger charge is 2.22. The molecule has 2 aromatic carbocycles. The van der Waals surface area contributed by atoms with Gasteiger partial charge in [-0.05, 0) is 69.7 Å². The lowest BCUT2D eigenvalue weighted by atomic mass is 10.1. The molecule has 33 heavy (non-hydrogen) atoms. The van der Waals surface area contributed by atoms with Crippen LogP contribution in [-0.2, 0) is 20.7 Å². The van der Waals surface area contributed by atoms with Crippen LogP contribution in [0.2, 0.25) is 0 Å². The van der Waals surface area contributed by atoms with E-state index < -0.39 is 23.8 Å². The summed E-state index contributed by atoms with van der Waals surface area (Å²) in [6, 6.07) is 15.8. The van der Waals surface area contributed by atoms with Gasteiger partial charge in [0.2, 0.25) is 0 Å². The summed E-state index contributed by atoms with van der Waals surface area (Å²) in [5.41, 5.74) is 0.819. The van der Waals surface area contributed by atoms with E-state index in [9.17, 15) is 9.59 Å². The smallest absolute Gasteiger partial charge is 0.407 e. The number of carbonyl (C=O) groups is 2. The average molecular weight is 455 g/mol. The van der Waals surface area contributed by atoms with E-state index in [2.05, 4.69) is 5.32 Å². The molecule has 8 heteroatoms. The molecule has 0 saturated carbocycles. The minimum atomic E-state index is -0.831. The first-order chi connectivity index (χ1) is 15.7. The number of esters is 1. The van der Waals surface area contributed by atoms with Crippen LogP contribution in [0.25, 0.3) is 0 Å². The van der Waals surface area contributed by atoms with Gasteiger partial charge in [0, 0.05) is 6.42 Å². The van der Waals surface area contributed by atoms with Crippen LogP contribution in [0.5, 0.6) is 11.5 Å². The number of rotatable bonds is 10. The number of carbonyl (C=O) groups excluding carboxylic acids is 2. The number of nitriles is 1. The second kappa shape index (κ2) is 12.3. The molecule has 0 aliphatic carbocycles. The van der Waals surface area contributed by atoms with Crippen LogP contribution in [0.1, 0.15) is 38.8 Å². The van der Waals surface area contributed by atoms with Gasteiger partial charge in [-0.1, -0.05) is 12.1 Å². The van der Waals surface area contributed by atoms with E-state index in [4.69, 9.17) is 24.2 Å². The lowest BCUT2D eigenvalue weighted by molar-refractivity contribution is -0.151. The lowest BCUT2D eigenvalue weighted by Crippen LogP contribution is -2.34. The largest absolute Gasteiger partial charge is 0.492 e. The predicted octanol–water partition coefficient (Wildman–Crippen LogP) is 4.01. The minimum Gasteiger partial charge on any atom is -0.492 e. The molecule has 1 N–H and O–H groups in total. The van der Waals surface area contributed by atoms with Crippen molar-refractivity contribution in [3.8, 4) is 17.6 Å². The van der Waals surface area contributed by atoms with Crippen molar-refractivity contribution in [2.45, 2.75) is 45.8 Å². The Morgan fingerprint density at radius 1 is 1.03 bits per heavy atom. The Morgan fingerprint density at radius 2 is 1.67 bits per heavy atom. The maximum Gasteiger partial charge on any atom is 0.407 e. The molecule has 0 aromatic heterocycles. The van der Waals surface area contributed by atoms with Gasteiger partial charge in [-0.15, -0.1) is 0 Å². The van der Waals surface area contributed by atoms with Crippen LogP contribution >= 0.6 is 0 Å². The fourth-order valence-corrected chi connectivity index (χ4v) is 2.75. The first-order valence-electron chi connectivity index (χ1n) is 10.7. The first kappa shape index (κ1) is 25.5. The van der Waals surface area contributed by atoms with E-state index in [1.165, 1.54) is 0 Å². The number of benzene rings is 2. The van der Waals surface area contributed by atoms with Crippen molar-refractivity contribution >= 4 is 12.1 Å². The van der Waals surface area contributed by atoms with E-state index in [-0.39, 0.29) is 13.2 Å². The number of hydrogen-bond donors (Lipinski definition) is 1. The van der Waals surface area contributed by atoms with Crippen LogP contribution in [-0.4, -0.2) is 43.5 Å². The summed E-state index contributed by atoms with van der Waals surface area (Å²) in [6.07, 6.45) is -1.02. The van der Waals surface area contributed by atoms with Crippen molar-refractivity contribution in [3.05, 3.63) is 59.7 Å². The SMILES string of the molecule is CCOC(=O)C(Cc1ccc(OCCNC(=O)OC(C)(C)C)cc1)Oc1ccc(C#N)cc1. The topological polar surface area (TPSA) is 107 Å². The van der Waals surface area contributed by atoms with Crippen LogP contribution in [0.4, 0.5) is 4.79 Å². The van der Waals surface area contributed by atoms with Crippen molar-refractivity contribution in [2.24, 2.45) is 0 Å². The number of amides is 1. The van der Waals surface area contributed by atoms with E-state index >= 15 is 0 Å².